The maximum absolute atomic E-state index is 13.2. The van der Waals surface area contributed by atoms with Crippen molar-refractivity contribution in [1.82, 2.24) is 15.0 Å². The van der Waals surface area contributed by atoms with Crippen LogP contribution in [0.3, 0.4) is 0 Å². The SMILES string of the molecule is C[C@H]1O[C@@H](c2ccncc2CC(=O)c2nc(-c3ccccc3)ncc2N)C[C@@H](O)[C@]1(C)O. The number of pyridine rings is 1. The summed E-state index contributed by atoms with van der Waals surface area (Å²) >= 11 is 0. The number of aliphatic hydroxyl groups excluding tert-OH is 1. The molecule has 1 aliphatic heterocycles. The molecular weight excluding hydrogens is 408 g/mol. The largest absolute Gasteiger partial charge is 0.396 e. The van der Waals surface area contributed by atoms with Crippen LogP contribution in [0.5, 0.6) is 0 Å². The van der Waals surface area contributed by atoms with E-state index < -0.39 is 23.9 Å². The number of anilines is 1. The monoisotopic (exact) mass is 434 g/mol. The van der Waals surface area contributed by atoms with Gasteiger partial charge in [-0.1, -0.05) is 30.3 Å². The standard InChI is InChI=1S/C24H26N4O4/c1-14-24(2,31)21(30)11-20(32-14)17-8-9-26-12-16(17)10-19(29)22-18(25)13-27-23(28-22)15-6-4-3-5-7-15/h3-9,12-14,20-21,30-31H,10-11,25H2,1-2H3/t14-,20-,21-,24-/m1/s1. The quantitative estimate of drug-likeness (QED) is 0.522. The molecule has 0 amide bonds. The minimum Gasteiger partial charge on any atom is -0.396 e. The highest BCUT2D eigenvalue weighted by Crippen LogP contribution is 2.38. The number of benzene rings is 1. The van der Waals surface area contributed by atoms with Gasteiger partial charge in [-0.3, -0.25) is 9.78 Å². The zero-order chi connectivity index (χ0) is 22.9. The first-order valence-corrected chi connectivity index (χ1v) is 10.5. The Morgan fingerprint density at radius 3 is 2.72 bits per heavy atom. The topological polar surface area (TPSA) is 131 Å². The number of nitrogens with zero attached hydrogens (tertiary/aromatic N) is 3. The van der Waals surface area contributed by atoms with Crippen LogP contribution in [0.4, 0.5) is 5.69 Å². The highest BCUT2D eigenvalue weighted by Gasteiger charge is 2.44. The molecule has 32 heavy (non-hydrogen) atoms. The smallest absolute Gasteiger partial charge is 0.187 e. The molecule has 0 aliphatic carbocycles. The fourth-order valence-electron chi connectivity index (χ4n) is 3.85. The number of hydrogen-bond donors (Lipinski definition) is 3. The summed E-state index contributed by atoms with van der Waals surface area (Å²) in [5.41, 5.74) is 7.21. The number of Topliss-reactive ketones (excluding diaryl/α,β-unsaturated/α-hetero) is 1. The van der Waals surface area contributed by atoms with Crippen LogP contribution in [0.25, 0.3) is 11.4 Å². The van der Waals surface area contributed by atoms with E-state index in [1.54, 1.807) is 32.3 Å². The molecule has 0 spiro atoms. The number of ether oxygens (including phenoxy) is 1. The summed E-state index contributed by atoms with van der Waals surface area (Å²) in [5, 5.41) is 20.8. The van der Waals surface area contributed by atoms with Gasteiger partial charge in [-0.05, 0) is 31.0 Å². The van der Waals surface area contributed by atoms with Crippen molar-refractivity contribution < 1.29 is 19.7 Å². The molecule has 2 aromatic heterocycles. The van der Waals surface area contributed by atoms with Crippen LogP contribution in [0, 0.1) is 0 Å². The predicted molar refractivity (Wildman–Crippen MR) is 119 cm³/mol. The van der Waals surface area contributed by atoms with Crippen LogP contribution in [0.2, 0.25) is 0 Å². The van der Waals surface area contributed by atoms with Crippen molar-refractivity contribution >= 4 is 11.5 Å². The average molecular weight is 434 g/mol. The van der Waals surface area contributed by atoms with Crippen molar-refractivity contribution in [3.05, 3.63) is 71.8 Å². The van der Waals surface area contributed by atoms with Gasteiger partial charge < -0.3 is 20.7 Å². The third-order valence-electron chi connectivity index (χ3n) is 6.06. The maximum Gasteiger partial charge on any atom is 0.187 e. The minimum atomic E-state index is -1.34. The summed E-state index contributed by atoms with van der Waals surface area (Å²) in [6.07, 6.45) is 2.86. The van der Waals surface area contributed by atoms with E-state index in [-0.39, 0.29) is 30.0 Å². The van der Waals surface area contributed by atoms with E-state index in [1.165, 1.54) is 6.20 Å². The van der Waals surface area contributed by atoms with Gasteiger partial charge in [0.1, 0.15) is 11.3 Å². The zero-order valence-electron chi connectivity index (χ0n) is 18.0. The minimum absolute atomic E-state index is 0.0132. The number of aliphatic hydroxyl groups is 2. The number of rotatable bonds is 5. The number of carbonyl (C=O) groups is 1. The second kappa shape index (κ2) is 8.74. The van der Waals surface area contributed by atoms with Crippen LogP contribution < -0.4 is 5.73 Å². The number of nitrogen functional groups attached to an aromatic ring is 1. The Hall–Kier alpha value is -3.20. The molecule has 4 rings (SSSR count). The van der Waals surface area contributed by atoms with Gasteiger partial charge in [0.2, 0.25) is 0 Å². The van der Waals surface area contributed by atoms with E-state index >= 15 is 0 Å². The van der Waals surface area contributed by atoms with Gasteiger partial charge in [0.15, 0.2) is 11.6 Å². The lowest BCUT2D eigenvalue weighted by Gasteiger charge is -2.43. The lowest BCUT2D eigenvalue weighted by molar-refractivity contribution is -0.215. The Labute approximate surface area is 186 Å². The number of aromatic nitrogens is 3. The summed E-state index contributed by atoms with van der Waals surface area (Å²) in [6.45, 7) is 3.27. The van der Waals surface area contributed by atoms with Gasteiger partial charge in [0, 0.05) is 30.8 Å². The van der Waals surface area contributed by atoms with E-state index in [4.69, 9.17) is 10.5 Å². The Morgan fingerprint density at radius 1 is 1.25 bits per heavy atom. The number of nitrogens with two attached hydrogens (primary N) is 1. The Morgan fingerprint density at radius 2 is 2.00 bits per heavy atom. The predicted octanol–water partition coefficient (Wildman–Crippen LogP) is 2.51. The van der Waals surface area contributed by atoms with E-state index in [0.29, 0.717) is 11.4 Å². The second-order valence-electron chi connectivity index (χ2n) is 8.28. The van der Waals surface area contributed by atoms with Gasteiger partial charge in [0.05, 0.1) is 30.2 Å². The van der Waals surface area contributed by atoms with Crippen molar-refractivity contribution in [1.29, 1.82) is 0 Å². The van der Waals surface area contributed by atoms with Gasteiger partial charge in [-0.25, -0.2) is 9.97 Å². The van der Waals surface area contributed by atoms with Gasteiger partial charge in [-0.2, -0.15) is 0 Å². The molecule has 0 radical (unpaired) electrons. The molecule has 3 aromatic rings. The van der Waals surface area contributed by atoms with Crippen molar-refractivity contribution in [2.24, 2.45) is 0 Å². The molecule has 3 heterocycles. The Balaban J connectivity index is 1.61. The average Bonchev–Trinajstić information content (AvgIpc) is 2.78. The fourth-order valence-corrected chi connectivity index (χ4v) is 3.85. The Kier molecular flexibility index (Phi) is 6.01. The number of ketones is 1. The number of carbonyl (C=O) groups excluding carboxylic acids is 1. The normalized spacial score (nSPS) is 25.4. The summed E-state index contributed by atoms with van der Waals surface area (Å²) in [5.74, 6) is 0.150. The molecule has 166 valence electrons. The van der Waals surface area contributed by atoms with Crippen molar-refractivity contribution in [2.45, 2.75) is 50.6 Å². The maximum atomic E-state index is 13.2. The van der Waals surface area contributed by atoms with Crippen LogP contribution in [-0.2, 0) is 11.2 Å². The third kappa shape index (κ3) is 4.25. The van der Waals surface area contributed by atoms with Crippen LogP contribution in [0.1, 0.15) is 48.0 Å². The summed E-state index contributed by atoms with van der Waals surface area (Å²) in [7, 11) is 0. The van der Waals surface area contributed by atoms with Crippen LogP contribution in [-0.4, -0.2) is 48.8 Å². The molecule has 0 unspecified atom stereocenters. The molecule has 1 saturated heterocycles. The molecule has 1 fully saturated rings. The van der Waals surface area contributed by atoms with Crippen molar-refractivity contribution in [3.8, 4) is 11.4 Å². The molecule has 8 heteroatoms. The highest BCUT2D eigenvalue weighted by atomic mass is 16.5. The first-order valence-electron chi connectivity index (χ1n) is 10.5. The van der Waals surface area contributed by atoms with Crippen LogP contribution >= 0.6 is 0 Å². The zero-order valence-corrected chi connectivity index (χ0v) is 18.0. The van der Waals surface area contributed by atoms with Crippen molar-refractivity contribution in [3.63, 3.8) is 0 Å². The molecule has 1 aliphatic rings. The van der Waals surface area contributed by atoms with E-state index in [1.807, 2.05) is 30.3 Å². The van der Waals surface area contributed by atoms with E-state index in [2.05, 4.69) is 15.0 Å². The third-order valence-corrected chi connectivity index (χ3v) is 6.06. The molecule has 4 atom stereocenters. The Bertz CT molecular complexity index is 1110. The molecule has 0 saturated carbocycles. The van der Waals surface area contributed by atoms with Gasteiger partial charge in [-0.15, -0.1) is 0 Å². The summed E-state index contributed by atoms with van der Waals surface area (Å²) in [4.78, 5) is 26.0. The first kappa shape index (κ1) is 22.0. The molecule has 0 bridgehead atoms. The number of hydrogen-bond acceptors (Lipinski definition) is 8. The van der Waals surface area contributed by atoms with E-state index in [0.717, 1.165) is 11.1 Å². The molecule has 4 N–H and O–H groups in total. The van der Waals surface area contributed by atoms with Gasteiger partial charge in [0.25, 0.3) is 0 Å². The molecule has 1 aromatic carbocycles. The lowest BCUT2D eigenvalue weighted by Crippen LogP contribution is -2.54. The first-order chi connectivity index (χ1) is 15.3. The fraction of sp³-hybridized carbons (Fsp3) is 0.333. The van der Waals surface area contributed by atoms with Gasteiger partial charge >= 0.3 is 0 Å². The lowest BCUT2D eigenvalue weighted by atomic mass is 9.84. The van der Waals surface area contributed by atoms with Crippen molar-refractivity contribution in [2.75, 3.05) is 5.73 Å². The van der Waals surface area contributed by atoms with Crippen LogP contribution in [0.15, 0.2) is 55.0 Å². The second-order valence-corrected chi connectivity index (χ2v) is 8.28. The summed E-state index contributed by atoms with van der Waals surface area (Å²) < 4.78 is 5.99. The van der Waals surface area contributed by atoms with E-state index in [9.17, 15) is 15.0 Å². The summed E-state index contributed by atoms with van der Waals surface area (Å²) in [6, 6.07) is 11.1. The molecule has 8 nitrogen and oxygen atoms in total. The molecular formula is C24H26N4O4. The highest BCUT2D eigenvalue weighted by molar-refractivity contribution is 6.00.